The fraction of sp³-hybridized carbons (Fsp3) is 0.806. The Kier molecular flexibility index (Phi) is 17.3. The SMILES string of the molecule is CCCCCC1OC1C/C=C/CCCCCCCC(=O)NCNC(=O)C/C=C/CC1OC1CCCCC. The second-order valence-electron chi connectivity index (χ2n) is 10.7. The van der Waals surface area contributed by atoms with Crippen LogP contribution in [-0.2, 0) is 19.1 Å². The Bertz CT molecular complexity index is 678. The van der Waals surface area contributed by atoms with Gasteiger partial charge in [-0.1, -0.05) is 95.9 Å². The number of hydrogen-bond donors (Lipinski definition) is 2. The molecule has 0 spiro atoms. The summed E-state index contributed by atoms with van der Waals surface area (Å²) in [6, 6.07) is 0. The molecule has 0 aromatic carbocycles. The molecule has 212 valence electrons. The highest BCUT2D eigenvalue weighted by Gasteiger charge is 2.37. The first-order chi connectivity index (χ1) is 18.1. The number of unbranched alkanes of at least 4 members (excludes halogenated alkanes) is 9. The van der Waals surface area contributed by atoms with Crippen LogP contribution in [0.3, 0.4) is 0 Å². The van der Waals surface area contributed by atoms with Gasteiger partial charge in [-0.2, -0.15) is 0 Å². The third-order valence-corrected chi connectivity index (χ3v) is 7.28. The molecule has 0 saturated carbocycles. The zero-order valence-electron chi connectivity index (χ0n) is 23.7. The fourth-order valence-electron chi connectivity index (χ4n) is 4.72. The highest BCUT2D eigenvalue weighted by atomic mass is 16.6. The number of ether oxygens (including phenoxy) is 2. The largest absolute Gasteiger partial charge is 0.369 e. The second kappa shape index (κ2) is 20.3. The van der Waals surface area contributed by atoms with Gasteiger partial charge in [0.05, 0.1) is 31.1 Å². The van der Waals surface area contributed by atoms with Gasteiger partial charge < -0.3 is 20.1 Å². The molecule has 6 nitrogen and oxygen atoms in total. The van der Waals surface area contributed by atoms with Gasteiger partial charge in [0.2, 0.25) is 11.8 Å². The molecule has 2 heterocycles. The minimum absolute atomic E-state index is 0.00839. The number of rotatable bonds is 24. The average molecular weight is 519 g/mol. The number of hydrogen-bond acceptors (Lipinski definition) is 4. The fourth-order valence-corrected chi connectivity index (χ4v) is 4.72. The number of allylic oxidation sites excluding steroid dienone is 1. The summed E-state index contributed by atoms with van der Waals surface area (Å²) in [6.07, 6.45) is 29.8. The summed E-state index contributed by atoms with van der Waals surface area (Å²) in [6.45, 7) is 4.65. The summed E-state index contributed by atoms with van der Waals surface area (Å²) < 4.78 is 11.4. The number of amides is 2. The molecule has 37 heavy (non-hydrogen) atoms. The van der Waals surface area contributed by atoms with E-state index in [0.29, 0.717) is 37.3 Å². The number of nitrogens with one attached hydrogen (secondary N) is 2. The predicted octanol–water partition coefficient (Wildman–Crippen LogP) is 6.89. The van der Waals surface area contributed by atoms with E-state index in [4.69, 9.17) is 9.47 Å². The third-order valence-electron chi connectivity index (χ3n) is 7.28. The maximum absolute atomic E-state index is 11.9. The van der Waals surface area contributed by atoms with Crippen molar-refractivity contribution in [2.24, 2.45) is 0 Å². The van der Waals surface area contributed by atoms with Gasteiger partial charge in [0.1, 0.15) is 0 Å². The first-order valence-electron chi connectivity index (χ1n) is 15.3. The Hall–Kier alpha value is -1.66. The topological polar surface area (TPSA) is 83.3 Å². The van der Waals surface area contributed by atoms with E-state index in [0.717, 1.165) is 38.5 Å². The highest BCUT2D eigenvalue weighted by Crippen LogP contribution is 2.31. The summed E-state index contributed by atoms with van der Waals surface area (Å²) in [5.41, 5.74) is 0. The normalized spacial score (nSPS) is 22.5. The van der Waals surface area contributed by atoms with Crippen molar-refractivity contribution < 1.29 is 19.1 Å². The number of epoxide rings is 2. The molecule has 4 unspecified atom stereocenters. The Morgan fingerprint density at radius 1 is 0.622 bits per heavy atom. The van der Waals surface area contributed by atoms with Crippen molar-refractivity contribution in [3.8, 4) is 0 Å². The molecule has 2 fully saturated rings. The zero-order valence-corrected chi connectivity index (χ0v) is 23.7. The molecule has 2 aliphatic heterocycles. The maximum Gasteiger partial charge on any atom is 0.225 e. The van der Waals surface area contributed by atoms with Crippen molar-refractivity contribution in [3.63, 3.8) is 0 Å². The predicted molar refractivity (Wildman–Crippen MR) is 151 cm³/mol. The summed E-state index contributed by atoms with van der Waals surface area (Å²) in [7, 11) is 0. The molecule has 0 aromatic rings. The van der Waals surface area contributed by atoms with Gasteiger partial charge in [-0.25, -0.2) is 0 Å². The van der Waals surface area contributed by atoms with Crippen molar-refractivity contribution >= 4 is 11.8 Å². The van der Waals surface area contributed by atoms with Gasteiger partial charge in [0, 0.05) is 12.8 Å². The van der Waals surface area contributed by atoms with E-state index >= 15 is 0 Å². The van der Waals surface area contributed by atoms with Crippen molar-refractivity contribution in [1.82, 2.24) is 10.6 Å². The molecule has 2 aliphatic rings. The Labute approximate surface area is 226 Å². The van der Waals surface area contributed by atoms with Crippen molar-refractivity contribution in [3.05, 3.63) is 24.3 Å². The van der Waals surface area contributed by atoms with Crippen LogP contribution in [-0.4, -0.2) is 42.9 Å². The average Bonchev–Trinajstić information content (AvgIpc) is 3.81. The van der Waals surface area contributed by atoms with E-state index in [1.54, 1.807) is 0 Å². The molecule has 0 radical (unpaired) electrons. The van der Waals surface area contributed by atoms with Gasteiger partial charge >= 0.3 is 0 Å². The van der Waals surface area contributed by atoms with Crippen LogP contribution >= 0.6 is 0 Å². The minimum Gasteiger partial charge on any atom is -0.369 e. The lowest BCUT2D eigenvalue weighted by Crippen LogP contribution is -2.36. The third kappa shape index (κ3) is 16.7. The molecule has 2 rings (SSSR count). The minimum atomic E-state index is -0.0711. The van der Waals surface area contributed by atoms with Gasteiger partial charge in [-0.3, -0.25) is 9.59 Å². The van der Waals surface area contributed by atoms with Gasteiger partial charge in [0.25, 0.3) is 0 Å². The Morgan fingerprint density at radius 2 is 1.19 bits per heavy atom. The van der Waals surface area contributed by atoms with Crippen LogP contribution in [0.1, 0.15) is 129 Å². The lowest BCUT2D eigenvalue weighted by molar-refractivity contribution is -0.122. The van der Waals surface area contributed by atoms with Crippen LogP contribution in [0.2, 0.25) is 0 Å². The molecule has 6 heteroatoms. The van der Waals surface area contributed by atoms with Crippen LogP contribution in [0, 0.1) is 0 Å². The molecule has 2 amide bonds. The van der Waals surface area contributed by atoms with E-state index in [9.17, 15) is 9.59 Å². The molecular weight excluding hydrogens is 464 g/mol. The summed E-state index contributed by atoms with van der Waals surface area (Å²) in [4.78, 5) is 23.8. The van der Waals surface area contributed by atoms with Crippen LogP contribution in [0.5, 0.6) is 0 Å². The van der Waals surface area contributed by atoms with Crippen LogP contribution in [0.4, 0.5) is 0 Å². The standard InChI is InChI=1S/C31H54N2O4/c1-3-5-13-19-26-28(36-26)21-15-11-9-7-8-10-12-16-23-30(34)32-25-33-31(35)24-18-17-22-29-27(37-29)20-14-6-4-2/h11,15,17-18,26-29H,3-10,12-14,16,19-25H2,1-2H3,(H,32,34)(H,33,35)/b15-11+,18-17+. The first kappa shape index (κ1) is 31.6. The molecule has 0 aromatic heterocycles. The van der Waals surface area contributed by atoms with Crippen molar-refractivity contribution in [2.75, 3.05) is 6.67 Å². The summed E-state index contributed by atoms with van der Waals surface area (Å²) in [5, 5.41) is 5.54. The monoisotopic (exact) mass is 518 g/mol. The Morgan fingerprint density at radius 3 is 1.84 bits per heavy atom. The van der Waals surface area contributed by atoms with E-state index in [2.05, 4.69) is 36.6 Å². The van der Waals surface area contributed by atoms with Gasteiger partial charge in [-0.15, -0.1) is 0 Å². The molecule has 2 N–H and O–H groups in total. The lowest BCUT2D eigenvalue weighted by Gasteiger charge is -2.06. The van der Waals surface area contributed by atoms with E-state index in [1.165, 1.54) is 64.2 Å². The quantitative estimate of drug-likeness (QED) is 0.0631. The van der Waals surface area contributed by atoms with Crippen LogP contribution < -0.4 is 10.6 Å². The molecule has 2 saturated heterocycles. The first-order valence-corrected chi connectivity index (χ1v) is 15.3. The van der Waals surface area contributed by atoms with Crippen molar-refractivity contribution in [2.45, 2.75) is 154 Å². The van der Waals surface area contributed by atoms with E-state index < -0.39 is 0 Å². The van der Waals surface area contributed by atoms with E-state index in [-0.39, 0.29) is 18.5 Å². The Balaban J connectivity index is 1.30. The zero-order chi connectivity index (χ0) is 26.6. The number of carbonyl (C=O) groups excluding carboxylic acids is 2. The molecule has 4 atom stereocenters. The maximum atomic E-state index is 11.9. The highest BCUT2D eigenvalue weighted by molar-refractivity contribution is 5.79. The smallest absolute Gasteiger partial charge is 0.225 e. The van der Waals surface area contributed by atoms with Crippen LogP contribution in [0.25, 0.3) is 0 Å². The molecule has 0 bridgehead atoms. The molecule has 0 aliphatic carbocycles. The second-order valence-corrected chi connectivity index (χ2v) is 10.7. The van der Waals surface area contributed by atoms with Gasteiger partial charge in [0.15, 0.2) is 0 Å². The van der Waals surface area contributed by atoms with Gasteiger partial charge in [-0.05, 0) is 44.9 Å². The summed E-state index contributed by atoms with van der Waals surface area (Å²) in [5.74, 6) is -0.0627. The number of carbonyl (C=O) groups is 2. The molecular formula is C31H54N2O4. The van der Waals surface area contributed by atoms with Crippen molar-refractivity contribution in [1.29, 1.82) is 0 Å². The summed E-state index contributed by atoms with van der Waals surface area (Å²) >= 11 is 0. The lowest BCUT2D eigenvalue weighted by atomic mass is 10.1. The van der Waals surface area contributed by atoms with E-state index in [1.807, 2.05) is 12.2 Å². The van der Waals surface area contributed by atoms with Crippen LogP contribution in [0.15, 0.2) is 24.3 Å².